The lowest BCUT2D eigenvalue weighted by molar-refractivity contribution is 0.580. The Morgan fingerprint density at radius 3 is 2.74 bits per heavy atom. The van der Waals surface area contributed by atoms with Crippen LogP contribution >= 0.6 is 0 Å². The van der Waals surface area contributed by atoms with Crippen LogP contribution in [0.4, 0.5) is 4.39 Å². The molecule has 138 valence electrons. The average Bonchev–Trinajstić information content (AvgIpc) is 3.28. The van der Waals surface area contributed by atoms with Gasteiger partial charge in [-0.05, 0) is 36.8 Å². The highest BCUT2D eigenvalue weighted by Gasteiger charge is 2.21. The molecule has 0 unspecified atom stereocenters. The average molecular weight is 384 g/mol. The first-order chi connectivity index (χ1) is 13.0. The van der Waals surface area contributed by atoms with Gasteiger partial charge in [-0.2, -0.15) is 5.10 Å². The zero-order chi connectivity index (χ0) is 19.0. The number of nitrogens with zero attached hydrogens (tertiary/aromatic N) is 2. The molecule has 2 aromatic carbocycles. The zero-order valence-electron chi connectivity index (χ0n) is 14.5. The van der Waals surface area contributed by atoms with E-state index in [4.69, 9.17) is 0 Å². The molecule has 2 aromatic heterocycles. The van der Waals surface area contributed by atoms with Crippen molar-refractivity contribution in [2.24, 2.45) is 0 Å². The second-order valence-corrected chi connectivity index (χ2v) is 7.91. The molecule has 0 amide bonds. The zero-order valence-corrected chi connectivity index (χ0v) is 15.3. The quantitative estimate of drug-likeness (QED) is 0.554. The van der Waals surface area contributed by atoms with E-state index >= 15 is 0 Å². The van der Waals surface area contributed by atoms with E-state index in [0.717, 1.165) is 16.9 Å². The fourth-order valence-electron chi connectivity index (χ4n) is 3.01. The maximum Gasteiger partial charge on any atom is 0.243 e. The predicted octanol–water partition coefficient (Wildman–Crippen LogP) is 3.28. The third kappa shape index (κ3) is 3.24. The second-order valence-electron chi connectivity index (χ2n) is 6.17. The number of nitrogens with one attached hydrogen (secondary N) is 2. The maximum absolute atomic E-state index is 14.1. The van der Waals surface area contributed by atoms with Gasteiger partial charge >= 0.3 is 0 Å². The molecule has 0 fully saturated rings. The van der Waals surface area contributed by atoms with Crippen LogP contribution in [0.5, 0.6) is 0 Å². The van der Waals surface area contributed by atoms with E-state index in [2.05, 4.69) is 14.8 Å². The van der Waals surface area contributed by atoms with Crippen LogP contribution in [0.3, 0.4) is 0 Å². The van der Waals surface area contributed by atoms with Gasteiger partial charge in [-0.1, -0.05) is 24.3 Å². The van der Waals surface area contributed by atoms with Gasteiger partial charge < -0.3 is 4.98 Å². The third-order valence-corrected chi connectivity index (χ3v) is 5.75. The number of halogens is 1. The number of rotatable bonds is 5. The molecule has 0 aliphatic rings. The van der Waals surface area contributed by atoms with Gasteiger partial charge in [-0.3, -0.25) is 0 Å². The van der Waals surface area contributed by atoms with Gasteiger partial charge in [0.05, 0.1) is 16.8 Å². The second kappa shape index (κ2) is 6.64. The van der Waals surface area contributed by atoms with E-state index in [1.54, 1.807) is 10.7 Å². The molecule has 2 heterocycles. The Kier molecular flexibility index (Phi) is 4.29. The normalized spacial score (nSPS) is 11.9. The summed E-state index contributed by atoms with van der Waals surface area (Å²) < 4.78 is 43.9. The van der Waals surface area contributed by atoms with Crippen molar-refractivity contribution >= 4 is 20.9 Å². The lowest BCUT2D eigenvalue weighted by Gasteiger charge is -2.11. The van der Waals surface area contributed by atoms with Gasteiger partial charge in [0.15, 0.2) is 0 Å². The van der Waals surface area contributed by atoms with Gasteiger partial charge in [0, 0.05) is 24.5 Å². The molecule has 0 bridgehead atoms. The SMILES string of the molecule is Cc1ccn(-c2ccccc2CNS(=O)(=O)c2c[nH]c3cccc(F)c23)n1. The topological polar surface area (TPSA) is 79.8 Å². The Morgan fingerprint density at radius 2 is 1.96 bits per heavy atom. The molecule has 6 nitrogen and oxygen atoms in total. The van der Waals surface area contributed by atoms with Crippen molar-refractivity contribution in [1.29, 1.82) is 0 Å². The molecule has 4 aromatic rings. The van der Waals surface area contributed by atoms with Crippen LogP contribution in [-0.4, -0.2) is 23.2 Å². The van der Waals surface area contributed by atoms with Crippen molar-refractivity contribution in [3.63, 3.8) is 0 Å². The van der Waals surface area contributed by atoms with Crippen LogP contribution in [-0.2, 0) is 16.6 Å². The fourth-order valence-corrected chi connectivity index (χ4v) is 4.20. The summed E-state index contributed by atoms with van der Waals surface area (Å²) in [5.74, 6) is -0.582. The standard InChI is InChI=1S/C19H17FN4O2S/c1-13-9-10-24(23-13)17-8-3-2-5-14(17)11-22-27(25,26)18-12-21-16-7-4-6-15(20)19(16)18/h2-10,12,21-22H,11H2,1H3. The largest absolute Gasteiger partial charge is 0.360 e. The molecule has 27 heavy (non-hydrogen) atoms. The number of aromatic nitrogens is 3. The van der Waals surface area contributed by atoms with Crippen molar-refractivity contribution in [3.05, 3.63) is 78.0 Å². The Hall–Kier alpha value is -2.97. The maximum atomic E-state index is 14.1. The highest BCUT2D eigenvalue weighted by molar-refractivity contribution is 7.89. The van der Waals surface area contributed by atoms with Crippen LogP contribution in [0.1, 0.15) is 11.3 Å². The molecule has 0 aliphatic heterocycles. The number of H-pyrrole nitrogens is 1. The predicted molar refractivity (Wildman–Crippen MR) is 101 cm³/mol. The summed E-state index contributed by atoms with van der Waals surface area (Å²) in [7, 11) is -3.91. The minimum absolute atomic E-state index is 0.0541. The molecule has 2 N–H and O–H groups in total. The molecular formula is C19H17FN4O2S. The van der Waals surface area contributed by atoms with Crippen molar-refractivity contribution < 1.29 is 12.8 Å². The lowest BCUT2D eigenvalue weighted by Crippen LogP contribution is -2.24. The summed E-state index contributed by atoms with van der Waals surface area (Å²) >= 11 is 0. The number of para-hydroxylation sites is 1. The molecule has 0 radical (unpaired) electrons. The number of sulfonamides is 1. The van der Waals surface area contributed by atoms with E-state index in [9.17, 15) is 12.8 Å². The van der Waals surface area contributed by atoms with Crippen molar-refractivity contribution in [3.8, 4) is 5.69 Å². The van der Waals surface area contributed by atoms with E-state index in [0.29, 0.717) is 5.52 Å². The molecule has 0 atom stereocenters. The minimum Gasteiger partial charge on any atom is -0.360 e. The Labute approximate surface area is 155 Å². The molecule has 4 rings (SSSR count). The van der Waals surface area contributed by atoms with Crippen LogP contribution in [0, 0.1) is 12.7 Å². The van der Waals surface area contributed by atoms with Gasteiger partial charge in [-0.15, -0.1) is 0 Å². The number of fused-ring (bicyclic) bond motifs is 1. The molecule has 0 aliphatic carbocycles. The number of aromatic amines is 1. The van der Waals surface area contributed by atoms with Crippen LogP contribution < -0.4 is 4.72 Å². The van der Waals surface area contributed by atoms with Gasteiger partial charge in [0.25, 0.3) is 0 Å². The highest BCUT2D eigenvalue weighted by Crippen LogP contribution is 2.25. The first kappa shape index (κ1) is 17.4. The van der Waals surface area contributed by atoms with E-state index < -0.39 is 15.8 Å². The van der Waals surface area contributed by atoms with E-state index in [1.165, 1.54) is 18.3 Å². The molecular weight excluding hydrogens is 367 g/mol. The summed E-state index contributed by atoms with van der Waals surface area (Å²) in [4.78, 5) is 2.69. The minimum atomic E-state index is -3.91. The lowest BCUT2D eigenvalue weighted by atomic mass is 10.2. The van der Waals surface area contributed by atoms with E-state index in [-0.39, 0.29) is 16.8 Å². The smallest absolute Gasteiger partial charge is 0.243 e. The Bertz CT molecular complexity index is 1230. The molecule has 0 saturated carbocycles. The number of hydrogen-bond donors (Lipinski definition) is 2. The van der Waals surface area contributed by atoms with Crippen LogP contribution in [0.2, 0.25) is 0 Å². The third-order valence-electron chi connectivity index (χ3n) is 4.32. The molecule has 8 heteroatoms. The number of benzene rings is 2. The summed E-state index contributed by atoms with van der Waals surface area (Å²) in [5.41, 5.74) is 2.82. The first-order valence-corrected chi connectivity index (χ1v) is 9.80. The Morgan fingerprint density at radius 1 is 1.15 bits per heavy atom. The summed E-state index contributed by atoms with van der Waals surface area (Å²) in [6.45, 7) is 1.94. The number of aryl methyl sites for hydroxylation is 1. The van der Waals surface area contributed by atoms with Crippen molar-refractivity contribution in [2.45, 2.75) is 18.4 Å². The van der Waals surface area contributed by atoms with Crippen LogP contribution in [0.25, 0.3) is 16.6 Å². The van der Waals surface area contributed by atoms with Crippen LogP contribution in [0.15, 0.2) is 65.8 Å². The van der Waals surface area contributed by atoms with Gasteiger partial charge in [-0.25, -0.2) is 22.2 Å². The molecule has 0 spiro atoms. The van der Waals surface area contributed by atoms with E-state index in [1.807, 2.05) is 43.5 Å². The monoisotopic (exact) mass is 384 g/mol. The van der Waals surface area contributed by atoms with Gasteiger partial charge in [0.1, 0.15) is 10.7 Å². The summed E-state index contributed by atoms with van der Waals surface area (Å²) in [6, 6.07) is 13.6. The number of hydrogen-bond acceptors (Lipinski definition) is 3. The van der Waals surface area contributed by atoms with Gasteiger partial charge in [0.2, 0.25) is 10.0 Å². The van der Waals surface area contributed by atoms with Crippen molar-refractivity contribution in [2.75, 3.05) is 0 Å². The van der Waals surface area contributed by atoms with Crippen molar-refractivity contribution in [1.82, 2.24) is 19.5 Å². The Balaban J connectivity index is 1.66. The summed E-state index contributed by atoms with van der Waals surface area (Å²) in [6.07, 6.45) is 3.12. The first-order valence-electron chi connectivity index (χ1n) is 8.31. The highest BCUT2D eigenvalue weighted by atomic mass is 32.2. The summed E-state index contributed by atoms with van der Waals surface area (Å²) in [5, 5.41) is 4.43. The molecule has 0 saturated heterocycles. The fraction of sp³-hybridized carbons (Fsp3) is 0.105.